The molecule has 1 saturated heterocycles. The van der Waals surface area contributed by atoms with Crippen molar-refractivity contribution < 1.29 is 18.7 Å². The first kappa shape index (κ1) is 23.3. The maximum Gasteiger partial charge on any atom is 0.258 e. The van der Waals surface area contributed by atoms with Gasteiger partial charge in [0.1, 0.15) is 0 Å². The van der Waals surface area contributed by atoms with Crippen LogP contribution in [0, 0.1) is 0 Å². The predicted octanol–water partition coefficient (Wildman–Crippen LogP) is 4.60. The Hall–Kier alpha value is -3.43. The molecule has 2 unspecified atom stereocenters. The molecule has 9 heteroatoms. The summed E-state index contributed by atoms with van der Waals surface area (Å²) in [4.78, 5) is 6.84. The van der Waals surface area contributed by atoms with Crippen molar-refractivity contribution in [1.82, 2.24) is 20.4 Å². The van der Waals surface area contributed by atoms with Gasteiger partial charge in [0.2, 0.25) is 5.82 Å². The third kappa shape index (κ3) is 4.61. The number of ether oxygens (including phenoxy) is 3. The Balaban J connectivity index is 1.59. The Morgan fingerprint density at radius 3 is 2.63 bits per heavy atom. The first-order valence-electron chi connectivity index (χ1n) is 11.6. The fourth-order valence-electron chi connectivity index (χ4n) is 4.59. The van der Waals surface area contributed by atoms with Crippen molar-refractivity contribution in [3.8, 4) is 22.9 Å². The molecule has 2 aromatic carbocycles. The maximum absolute atomic E-state index is 5.89. The van der Waals surface area contributed by atoms with Gasteiger partial charge in [-0.3, -0.25) is 0 Å². The summed E-state index contributed by atoms with van der Waals surface area (Å²) in [5.74, 6) is 2.26. The number of nitrogens with one attached hydrogen (secondary N) is 1. The van der Waals surface area contributed by atoms with Crippen molar-refractivity contribution >= 4 is 22.9 Å². The summed E-state index contributed by atoms with van der Waals surface area (Å²) in [6.07, 6.45) is 2.21. The van der Waals surface area contributed by atoms with Gasteiger partial charge in [-0.15, -0.1) is 0 Å². The minimum absolute atomic E-state index is 0.131. The van der Waals surface area contributed by atoms with E-state index in [2.05, 4.69) is 15.4 Å². The van der Waals surface area contributed by atoms with Crippen LogP contribution in [-0.2, 0) is 4.74 Å². The smallest absolute Gasteiger partial charge is 0.258 e. The molecule has 3 aromatic rings. The molecule has 2 aliphatic rings. The van der Waals surface area contributed by atoms with Gasteiger partial charge in [-0.1, -0.05) is 41.6 Å². The monoisotopic (exact) mass is 492 g/mol. The van der Waals surface area contributed by atoms with E-state index in [-0.39, 0.29) is 12.1 Å². The molecule has 0 amide bonds. The van der Waals surface area contributed by atoms with Gasteiger partial charge >= 0.3 is 0 Å². The van der Waals surface area contributed by atoms with Gasteiger partial charge in [-0.25, -0.2) is 0 Å². The van der Waals surface area contributed by atoms with E-state index in [1.54, 1.807) is 14.2 Å². The first-order valence-corrected chi connectivity index (χ1v) is 12.0. The van der Waals surface area contributed by atoms with E-state index in [1.165, 1.54) is 0 Å². The molecule has 5 rings (SSSR count). The predicted molar refractivity (Wildman–Crippen MR) is 136 cm³/mol. The highest BCUT2D eigenvalue weighted by molar-refractivity contribution is 7.80. The molecular formula is C26H28N4O4S. The molecule has 0 spiro atoms. The van der Waals surface area contributed by atoms with E-state index in [1.807, 2.05) is 55.5 Å². The molecule has 3 heterocycles. The van der Waals surface area contributed by atoms with E-state index < -0.39 is 0 Å². The van der Waals surface area contributed by atoms with Crippen LogP contribution < -0.4 is 14.8 Å². The quantitative estimate of drug-likeness (QED) is 0.476. The summed E-state index contributed by atoms with van der Waals surface area (Å²) in [6, 6.07) is 15.3. The molecule has 8 nitrogen and oxygen atoms in total. The molecule has 1 N–H and O–H groups in total. The zero-order chi connectivity index (χ0) is 24.4. The lowest BCUT2D eigenvalue weighted by atomic mass is 9.94. The van der Waals surface area contributed by atoms with Crippen LogP contribution in [0.5, 0.6) is 11.5 Å². The molecule has 2 atom stereocenters. The summed E-state index contributed by atoms with van der Waals surface area (Å²) in [6.45, 7) is 3.49. The van der Waals surface area contributed by atoms with Crippen molar-refractivity contribution in [2.75, 3.05) is 27.4 Å². The lowest BCUT2D eigenvalue weighted by molar-refractivity contribution is 0.0962. The Morgan fingerprint density at radius 2 is 1.91 bits per heavy atom. The van der Waals surface area contributed by atoms with Gasteiger partial charge in [-0.05, 0) is 49.7 Å². The van der Waals surface area contributed by atoms with Crippen LogP contribution in [-0.4, -0.2) is 53.6 Å². The molecule has 182 valence electrons. The van der Waals surface area contributed by atoms with E-state index in [9.17, 15) is 0 Å². The molecule has 0 saturated carbocycles. The standard InChI is InChI=1S/C26H28N4O4S/c1-16-22(25-28-24(29-34-25)17-8-5-4-6-9-17)23(18-11-12-20(31-2)21(14-18)32-3)27-26(35)30(16)15-19-10-7-13-33-19/h4-6,8-9,11-12,14,19,23H,7,10,13,15H2,1-3H3,(H,27,35). The number of thiocarbonyl (C=S) groups is 1. The summed E-state index contributed by atoms with van der Waals surface area (Å²) >= 11 is 5.81. The van der Waals surface area contributed by atoms with Gasteiger partial charge < -0.3 is 29.0 Å². The highest BCUT2D eigenvalue weighted by atomic mass is 32.1. The Kier molecular flexibility index (Phi) is 6.70. The number of nitrogens with zero attached hydrogens (tertiary/aromatic N) is 3. The molecule has 1 aromatic heterocycles. The van der Waals surface area contributed by atoms with Gasteiger partial charge in [0.25, 0.3) is 5.89 Å². The van der Waals surface area contributed by atoms with Crippen LogP contribution in [0.3, 0.4) is 0 Å². The Morgan fingerprint density at radius 1 is 1.11 bits per heavy atom. The zero-order valence-corrected chi connectivity index (χ0v) is 20.8. The van der Waals surface area contributed by atoms with Gasteiger partial charge in [0.15, 0.2) is 16.6 Å². The molecule has 0 radical (unpaired) electrons. The van der Waals surface area contributed by atoms with Crippen LogP contribution in [0.2, 0.25) is 0 Å². The van der Waals surface area contributed by atoms with Crippen LogP contribution in [0.1, 0.15) is 37.3 Å². The normalized spacial score (nSPS) is 20.2. The van der Waals surface area contributed by atoms with Crippen molar-refractivity contribution in [3.63, 3.8) is 0 Å². The van der Waals surface area contributed by atoms with E-state index in [0.29, 0.717) is 34.9 Å². The topological polar surface area (TPSA) is 81.9 Å². The van der Waals surface area contributed by atoms with Crippen LogP contribution in [0.25, 0.3) is 17.0 Å². The second kappa shape index (κ2) is 10.1. The minimum atomic E-state index is -0.313. The number of allylic oxidation sites excluding steroid dienone is 1. The number of aromatic nitrogens is 2. The lowest BCUT2D eigenvalue weighted by Crippen LogP contribution is -2.48. The minimum Gasteiger partial charge on any atom is -0.493 e. The van der Waals surface area contributed by atoms with Gasteiger partial charge in [-0.2, -0.15) is 4.98 Å². The summed E-state index contributed by atoms with van der Waals surface area (Å²) < 4.78 is 22.7. The largest absolute Gasteiger partial charge is 0.493 e. The summed E-state index contributed by atoms with van der Waals surface area (Å²) in [5, 5.41) is 8.39. The fraction of sp³-hybridized carbons (Fsp3) is 0.346. The van der Waals surface area contributed by atoms with E-state index in [4.69, 9.17) is 35.9 Å². The first-order chi connectivity index (χ1) is 17.1. The maximum atomic E-state index is 5.89. The molecule has 2 aliphatic heterocycles. The van der Waals surface area contributed by atoms with E-state index in [0.717, 1.165) is 41.8 Å². The third-order valence-corrected chi connectivity index (χ3v) is 6.77. The number of hydrogen-bond acceptors (Lipinski definition) is 7. The average molecular weight is 493 g/mol. The van der Waals surface area contributed by atoms with Gasteiger partial charge in [0, 0.05) is 17.9 Å². The fourth-order valence-corrected chi connectivity index (χ4v) is 4.92. The third-order valence-electron chi connectivity index (χ3n) is 6.44. The van der Waals surface area contributed by atoms with Crippen molar-refractivity contribution in [1.29, 1.82) is 0 Å². The summed E-state index contributed by atoms with van der Waals surface area (Å²) in [5.41, 5.74) is 3.64. The molecule has 35 heavy (non-hydrogen) atoms. The van der Waals surface area contributed by atoms with Crippen molar-refractivity contribution in [3.05, 3.63) is 65.7 Å². The van der Waals surface area contributed by atoms with Crippen LogP contribution in [0.15, 0.2) is 58.8 Å². The summed E-state index contributed by atoms with van der Waals surface area (Å²) in [7, 11) is 3.24. The molecule has 0 bridgehead atoms. The van der Waals surface area contributed by atoms with Crippen LogP contribution in [0.4, 0.5) is 0 Å². The van der Waals surface area contributed by atoms with E-state index >= 15 is 0 Å². The Labute approximate surface area is 209 Å². The van der Waals surface area contributed by atoms with Crippen molar-refractivity contribution in [2.24, 2.45) is 0 Å². The number of methoxy groups -OCH3 is 2. The van der Waals surface area contributed by atoms with Gasteiger partial charge in [0.05, 0.1) is 38.5 Å². The second-order valence-electron chi connectivity index (χ2n) is 8.53. The SMILES string of the molecule is COc1ccc(C2NC(=S)N(CC3CCCO3)C(C)=C2c2nc(-c3ccccc3)no2)cc1OC. The lowest BCUT2D eigenvalue weighted by Gasteiger charge is -2.38. The highest BCUT2D eigenvalue weighted by Gasteiger charge is 2.36. The average Bonchev–Trinajstić information content (AvgIpc) is 3.59. The van der Waals surface area contributed by atoms with Crippen molar-refractivity contribution in [2.45, 2.75) is 31.9 Å². The molecule has 1 fully saturated rings. The number of benzene rings is 2. The zero-order valence-electron chi connectivity index (χ0n) is 20.0. The Bertz CT molecular complexity index is 1240. The molecule has 0 aliphatic carbocycles. The number of hydrogen-bond donors (Lipinski definition) is 1. The number of rotatable bonds is 7. The van der Waals surface area contributed by atoms with Crippen LogP contribution >= 0.6 is 12.2 Å². The highest BCUT2D eigenvalue weighted by Crippen LogP contribution is 2.40. The molecular weight excluding hydrogens is 464 g/mol. The second-order valence-corrected chi connectivity index (χ2v) is 8.92.